The Balaban J connectivity index is 2.08. The van der Waals surface area contributed by atoms with Crippen LogP contribution in [0.2, 0.25) is 0 Å². The molecule has 0 fully saturated rings. The van der Waals surface area contributed by atoms with E-state index in [1.807, 2.05) is 6.92 Å². The van der Waals surface area contributed by atoms with Crippen molar-refractivity contribution >= 4 is 38.9 Å². The average Bonchev–Trinajstić information content (AvgIpc) is 2.73. The van der Waals surface area contributed by atoms with Gasteiger partial charge in [-0.2, -0.15) is 0 Å². The fourth-order valence-corrected chi connectivity index (χ4v) is 2.84. The number of carboxylic acids is 1. The molecule has 0 radical (unpaired) electrons. The zero-order chi connectivity index (χ0) is 13.1. The quantitative estimate of drug-likeness (QED) is 0.888. The number of aryl methyl sites for hydroxylation is 1. The Bertz CT molecular complexity index is 580. The number of hydrogen-bond donors (Lipinski definition) is 2. The molecule has 0 aliphatic heterocycles. The van der Waals surface area contributed by atoms with Crippen LogP contribution >= 0.6 is 27.3 Å². The SMILES string of the molecule is Cc1cc(C(=O)O)ccc1NCc1csc(Br)c1. The minimum absolute atomic E-state index is 0.316. The van der Waals surface area contributed by atoms with Crippen molar-refractivity contribution < 1.29 is 9.90 Å². The molecule has 1 heterocycles. The summed E-state index contributed by atoms with van der Waals surface area (Å²) >= 11 is 5.07. The monoisotopic (exact) mass is 325 g/mol. The summed E-state index contributed by atoms with van der Waals surface area (Å²) in [5, 5.41) is 14.3. The molecule has 2 N–H and O–H groups in total. The zero-order valence-corrected chi connectivity index (χ0v) is 12.1. The van der Waals surface area contributed by atoms with Crippen LogP contribution in [-0.4, -0.2) is 11.1 Å². The minimum Gasteiger partial charge on any atom is -0.478 e. The lowest BCUT2D eigenvalue weighted by atomic mass is 10.1. The van der Waals surface area contributed by atoms with Gasteiger partial charge in [-0.15, -0.1) is 11.3 Å². The van der Waals surface area contributed by atoms with Crippen LogP contribution in [0.25, 0.3) is 0 Å². The summed E-state index contributed by atoms with van der Waals surface area (Å²) in [4.78, 5) is 10.8. The normalized spacial score (nSPS) is 10.3. The highest BCUT2D eigenvalue weighted by molar-refractivity contribution is 9.11. The predicted molar refractivity (Wildman–Crippen MR) is 77.5 cm³/mol. The summed E-state index contributed by atoms with van der Waals surface area (Å²) in [6, 6.07) is 7.16. The van der Waals surface area contributed by atoms with Crippen molar-refractivity contribution in [1.29, 1.82) is 0 Å². The molecule has 0 saturated heterocycles. The van der Waals surface area contributed by atoms with Gasteiger partial charge < -0.3 is 10.4 Å². The first-order valence-corrected chi connectivity index (χ1v) is 7.04. The molecule has 0 aliphatic rings. The second-order valence-electron chi connectivity index (χ2n) is 3.95. The van der Waals surface area contributed by atoms with Gasteiger partial charge >= 0.3 is 5.97 Å². The van der Waals surface area contributed by atoms with Gasteiger partial charge in [-0.05, 0) is 63.6 Å². The fraction of sp³-hybridized carbons (Fsp3) is 0.154. The summed E-state index contributed by atoms with van der Waals surface area (Å²) < 4.78 is 1.11. The third-order valence-corrected chi connectivity index (χ3v) is 4.13. The molecular formula is C13H12BrNO2S. The summed E-state index contributed by atoms with van der Waals surface area (Å²) in [6.07, 6.45) is 0. The maximum atomic E-state index is 10.8. The van der Waals surface area contributed by atoms with E-state index in [0.29, 0.717) is 5.56 Å². The van der Waals surface area contributed by atoms with E-state index in [4.69, 9.17) is 5.11 Å². The van der Waals surface area contributed by atoms with Crippen LogP contribution in [-0.2, 0) is 6.54 Å². The number of nitrogens with one attached hydrogen (secondary N) is 1. The zero-order valence-electron chi connectivity index (χ0n) is 9.74. The number of aromatic carboxylic acids is 1. The summed E-state index contributed by atoms with van der Waals surface area (Å²) in [7, 11) is 0. The third kappa shape index (κ3) is 3.11. The fourth-order valence-electron chi connectivity index (χ4n) is 1.63. The average molecular weight is 326 g/mol. The molecule has 94 valence electrons. The lowest BCUT2D eigenvalue weighted by molar-refractivity contribution is 0.0697. The van der Waals surface area contributed by atoms with Crippen molar-refractivity contribution in [3.63, 3.8) is 0 Å². The van der Waals surface area contributed by atoms with Gasteiger partial charge in [0, 0.05) is 12.2 Å². The molecule has 0 unspecified atom stereocenters. The largest absolute Gasteiger partial charge is 0.478 e. The third-order valence-electron chi connectivity index (χ3n) is 2.58. The van der Waals surface area contributed by atoms with E-state index in [1.54, 1.807) is 29.5 Å². The van der Waals surface area contributed by atoms with Crippen LogP contribution < -0.4 is 5.32 Å². The molecule has 0 aliphatic carbocycles. The molecule has 0 saturated carbocycles. The van der Waals surface area contributed by atoms with Crippen molar-refractivity contribution in [1.82, 2.24) is 0 Å². The summed E-state index contributed by atoms with van der Waals surface area (Å²) in [6.45, 7) is 2.63. The van der Waals surface area contributed by atoms with Gasteiger partial charge in [0.15, 0.2) is 0 Å². The Morgan fingerprint density at radius 3 is 2.78 bits per heavy atom. The Morgan fingerprint density at radius 1 is 1.44 bits per heavy atom. The highest BCUT2D eigenvalue weighted by atomic mass is 79.9. The van der Waals surface area contributed by atoms with Crippen LogP contribution in [0.15, 0.2) is 33.4 Å². The molecule has 1 aromatic carbocycles. The maximum Gasteiger partial charge on any atom is 0.335 e. The standard InChI is InChI=1S/C13H12BrNO2S/c1-8-4-10(13(16)17)2-3-11(8)15-6-9-5-12(14)18-7-9/h2-5,7,15H,6H2,1H3,(H,16,17). The van der Waals surface area contributed by atoms with E-state index >= 15 is 0 Å². The second kappa shape index (κ2) is 5.54. The van der Waals surface area contributed by atoms with Gasteiger partial charge in [0.05, 0.1) is 9.35 Å². The molecule has 0 atom stereocenters. The first-order chi connectivity index (χ1) is 8.56. The highest BCUT2D eigenvalue weighted by Gasteiger charge is 2.05. The number of thiophene rings is 1. The first-order valence-electron chi connectivity index (χ1n) is 5.37. The van der Waals surface area contributed by atoms with Crippen LogP contribution in [0.1, 0.15) is 21.5 Å². The van der Waals surface area contributed by atoms with Gasteiger partial charge in [-0.1, -0.05) is 0 Å². The van der Waals surface area contributed by atoms with Crippen LogP contribution in [0.5, 0.6) is 0 Å². The predicted octanol–water partition coefficient (Wildman–Crippen LogP) is 4.13. The van der Waals surface area contributed by atoms with Gasteiger partial charge in [0.2, 0.25) is 0 Å². The number of carboxylic acid groups (broad SMARTS) is 1. The molecule has 18 heavy (non-hydrogen) atoms. The van der Waals surface area contributed by atoms with E-state index in [0.717, 1.165) is 21.6 Å². The van der Waals surface area contributed by atoms with E-state index in [2.05, 4.69) is 32.7 Å². The molecule has 0 amide bonds. The highest BCUT2D eigenvalue weighted by Crippen LogP contribution is 2.22. The van der Waals surface area contributed by atoms with Crippen molar-refractivity contribution in [3.8, 4) is 0 Å². The van der Waals surface area contributed by atoms with E-state index in [9.17, 15) is 4.79 Å². The number of carbonyl (C=O) groups is 1. The first kappa shape index (κ1) is 13.1. The van der Waals surface area contributed by atoms with Crippen molar-refractivity contribution in [2.75, 3.05) is 5.32 Å². The second-order valence-corrected chi connectivity index (χ2v) is 6.24. The van der Waals surface area contributed by atoms with Crippen molar-refractivity contribution in [3.05, 3.63) is 50.1 Å². The molecule has 2 rings (SSSR count). The van der Waals surface area contributed by atoms with E-state index in [-0.39, 0.29) is 0 Å². The Labute approximate surface area is 118 Å². The van der Waals surface area contributed by atoms with Gasteiger partial charge in [-0.25, -0.2) is 4.79 Å². The van der Waals surface area contributed by atoms with Crippen molar-refractivity contribution in [2.45, 2.75) is 13.5 Å². The van der Waals surface area contributed by atoms with Crippen LogP contribution in [0.4, 0.5) is 5.69 Å². The van der Waals surface area contributed by atoms with Gasteiger partial charge in [-0.3, -0.25) is 0 Å². The smallest absolute Gasteiger partial charge is 0.335 e. The molecule has 0 spiro atoms. The van der Waals surface area contributed by atoms with Gasteiger partial charge in [0.25, 0.3) is 0 Å². The molecule has 0 bridgehead atoms. The maximum absolute atomic E-state index is 10.8. The number of hydrogen-bond acceptors (Lipinski definition) is 3. The molecule has 3 nitrogen and oxygen atoms in total. The van der Waals surface area contributed by atoms with E-state index in [1.165, 1.54) is 5.56 Å². The Kier molecular flexibility index (Phi) is 4.04. The summed E-state index contributed by atoms with van der Waals surface area (Å²) in [5.74, 6) is -0.897. The van der Waals surface area contributed by atoms with Gasteiger partial charge in [0.1, 0.15) is 0 Å². The number of benzene rings is 1. The molecule has 1 aromatic heterocycles. The lowest BCUT2D eigenvalue weighted by Crippen LogP contribution is -2.02. The molecule has 5 heteroatoms. The number of anilines is 1. The summed E-state index contributed by atoms with van der Waals surface area (Å²) in [5.41, 5.74) is 3.41. The van der Waals surface area contributed by atoms with Crippen molar-refractivity contribution in [2.24, 2.45) is 0 Å². The minimum atomic E-state index is -0.897. The number of halogens is 1. The Morgan fingerprint density at radius 2 is 2.22 bits per heavy atom. The molecular weight excluding hydrogens is 314 g/mol. The number of rotatable bonds is 4. The molecule has 2 aromatic rings. The topological polar surface area (TPSA) is 49.3 Å². The van der Waals surface area contributed by atoms with E-state index < -0.39 is 5.97 Å². The van der Waals surface area contributed by atoms with Crippen LogP contribution in [0, 0.1) is 6.92 Å². The lowest BCUT2D eigenvalue weighted by Gasteiger charge is -2.09. The van der Waals surface area contributed by atoms with Crippen LogP contribution in [0.3, 0.4) is 0 Å². The Hall–Kier alpha value is -1.33.